The molecule has 0 aliphatic carbocycles. The number of carbonyl (C=O) groups excluding carboxylic acids is 1. The first-order chi connectivity index (χ1) is 10.1. The third-order valence-corrected chi connectivity index (χ3v) is 3.41. The van der Waals surface area contributed by atoms with Gasteiger partial charge in [-0.15, -0.1) is 0 Å². The van der Waals surface area contributed by atoms with Crippen LogP contribution >= 0.6 is 0 Å². The second-order valence-electron chi connectivity index (χ2n) is 4.77. The van der Waals surface area contributed by atoms with Gasteiger partial charge in [-0.2, -0.15) is 0 Å². The molecule has 4 nitrogen and oxygen atoms in total. The molecule has 3 rings (SSSR count). The molecule has 0 bridgehead atoms. The summed E-state index contributed by atoms with van der Waals surface area (Å²) in [6.07, 6.45) is 4.29. The summed E-state index contributed by atoms with van der Waals surface area (Å²) < 4.78 is 20.4. The number of methoxy groups -OCH3 is 1. The minimum absolute atomic E-state index is 0.196. The Hall–Kier alpha value is -2.69. The van der Waals surface area contributed by atoms with Crippen LogP contribution in [-0.4, -0.2) is 22.8 Å². The summed E-state index contributed by atoms with van der Waals surface area (Å²) >= 11 is 0. The van der Waals surface area contributed by atoms with Crippen molar-refractivity contribution in [3.8, 4) is 17.0 Å². The van der Waals surface area contributed by atoms with Crippen LogP contribution in [0.15, 0.2) is 36.7 Å². The Balaban J connectivity index is 2.12. The Morgan fingerprint density at radius 2 is 2.10 bits per heavy atom. The van der Waals surface area contributed by atoms with Crippen molar-refractivity contribution in [2.75, 3.05) is 7.11 Å². The standard InChI is InChI=1S/C16H13FN2O2/c1-10-5-16-18-14(8-19(16)7-12(10)9-20)11-3-4-15(21-2)13(17)6-11/h3-9H,1-2H3. The lowest BCUT2D eigenvalue weighted by atomic mass is 10.1. The van der Waals surface area contributed by atoms with Crippen molar-refractivity contribution in [1.29, 1.82) is 0 Å². The van der Waals surface area contributed by atoms with Crippen molar-refractivity contribution in [3.63, 3.8) is 0 Å². The first-order valence-electron chi connectivity index (χ1n) is 6.41. The summed E-state index contributed by atoms with van der Waals surface area (Å²) in [6.45, 7) is 1.85. The number of aromatic nitrogens is 2. The minimum Gasteiger partial charge on any atom is -0.494 e. The van der Waals surface area contributed by atoms with Gasteiger partial charge in [-0.25, -0.2) is 9.37 Å². The number of carbonyl (C=O) groups is 1. The number of halogens is 1. The smallest absolute Gasteiger partial charge is 0.165 e. The Morgan fingerprint density at radius 3 is 2.76 bits per heavy atom. The second kappa shape index (κ2) is 5.01. The van der Waals surface area contributed by atoms with E-state index in [-0.39, 0.29) is 5.75 Å². The lowest BCUT2D eigenvalue weighted by Crippen LogP contribution is -1.91. The number of fused-ring (bicyclic) bond motifs is 1. The molecule has 2 heterocycles. The number of rotatable bonds is 3. The van der Waals surface area contributed by atoms with Crippen molar-refractivity contribution in [3.05, 3.63) is 53.6 Å². The Kier molecular flexibility index (Phi) is 3.17. The molecule has 0 aliphatic heterocycles. The number of hydrogen-bond donors (Lipinski definition) is 0. The summed E-state index contributed by atoms with van der Waals surface area (Å²) in [5, 5.41) is 0. The Labute approximate surface area is 120 Å². The number of aryl methyl sites for hydroxylation is 1. The van der Waals surface area contributed by atoms with Gasteiger partial charge in [0.05, 0.1) is 12.8 Å². The highest BCUT2D eigenvalue weighted by Gasteiger charge is 2.10. The third kappa shape index (κ3) is 2.27. The average molecular weight is 284 g/mol. The fraction of sp³-hybridized carbons (Fsp3) is 0.125. The van der Waals surface area contributed by atoms with Gasteiger partial charge in [0.25, 0.3) is 0 Å². The van der Waals surface area contributed by atoms with Crippen molar-refractivity contribution in [2.45, 2.75) is 6.92 Å². The molecule has 106 valence electrons. The van der Waals surface area contributed by atoms with Gasteiger partial charge in [0.15, 0.2) is 17.9 Å². The molecule has 0 saturated carbocycles. The van der Waals surface area contributed by atoms with Crippen LogP contribution < -0.4 is 4.74 Å². The maximum atomic E-state index is 13.8. The molecule has 0 saturated heterocycles. The topological polar surface area (TPSA) is 43.6 Å². The molecular weight excluding hydrogens is 271 g/mol. The highest BCUT2D eigenvalue weighted by molar-refractivity contribution is 5.78. The highest BCUT2D eigenvalue weighted by atomic mass is 19.1. The van der Waals surface area contributed by atoms with Crippen LogP contribution in [-0.2, 0) is 0 Å². The normalized spacial score (nSPS) is 10.8. The van der Waals surface area contributed by atoms with Gasteiger partial charge in [0.2, 0.25) is 0 Å². The quantitative estimate of drug-likeness (QED) is 0.693. The molecule has 0 N–H and O–H groups in total. The van der Waals surface area contributed by atoms with E-state index in [2.05, 4.69) is 4.98 Å². The molecule has 0 aliphatic rings. The summed E-state index contributed by atoms with van der Waals surface area (Å²) in [7, 11) is 1.42. The molecule has 1 aromatic carbocycles. The number of hydrogen-bond acceptors (Lipinski definition) is 3. The van der Waals surface area contributed by atoms with Gasteiger partial charge >= 0.3 is 0 Å². The van der Waals surface area contributed by atoms with Crippen LogP contribution in [0.5, 0.6) is 5.75 Å². The molecule has 0 fully saturated rings. The molecule has 0 radical (unpaired) electrons. The van der Waals surface area contributed by atoms with E-state index < -0.39 is 5.82 Å². The number of nitrogens with zero attached hydrogens (tertiary/aromatic N) is 2. The van der Waals surface area contributed by atoms with Crippen LogP contribution in [0.3, 0.4) is 0 Å². The largest absolute Gasteiger partial charge is 0.494 e. The van der Waals surface area contributed by atoms with E-state index in [1.54, 1.807) is 28.9 Å². The van der Waals surface area contributed by atoms with E-state index >= 15 is 0 Å². The maximum absolute atomic E-state index is 13.8. The predicted octanol–water partition coefficient (Wildman–Crippen LogP) is 3.27. The van der Waals surface area contributed by atoms with Gasteiger partial charge < -0.3 is 9.14 Å². The van der Waals surface area contributed by atoms with Gasteiger partial charge in [-0.1, -0.05) is 0 Å². The van der Waals surface area contributed by atoms with Crippen molar-refractivity contribution < 1.29 is 13.9 Å². The fourth-order valence-electron chi connectivity index (χ4n) is 2.23. The second-order valence-corrected chi connectivity index (χ2v) is 4.77. The third-order valence-electron chi connectivity index (χ3n) is 3.41. The van der Waals surface area contributed by atoms with Crippen LogP contribution in [0.2, 0.25) is 0 Å². The lowest BCUT2D eigenvalue weighted by molar-refractivity contribution is 0.112. The number of pyridine rings is 1. The van der Waals surface area contributed by atoms with Crippen molar-refractivity contribution in [2.24, 2.45) is 0 Å². The number of imidazole rings is 1. The van der Waals surface area contributed by atoms with E-state index in [1.165, 1.54) is 13.2 Å². The zero-order valence-corrected chi connectivity index (χ0v) is 11.6. The molecule has 5 heteroatoms. The Bertz CT molecular complexity index is 840. The molecule has 0 atom stereocenters. The molecule has 3 aromatic rings. The SMILES string of the molecule is COc1ccc(-c2cn3cc(C=O)c(C)cc3n2)cc1F. The summed E-state index contributed by atoms with van der Waals surface area (Å²) in [5.74, 6) is -0.238. The molecular formula is C16H13FN2O2. The first kappa shape index (κ1) is 13.3. The van der Waals surface area contributed by atoms with Gasteiger partial charge in [0.1, 0.15) is 5.65 Å². The average Bonchev–Trinajstić information content (AvgIpc) is 2.88. The van der Waals surface area contributed by atoms with Gasteiger partial charge in [-0.05, 0) is 36.8 Å². The molecule has 21 heavy (non-hydrogen) atoms. The summed E-state index contributed by atoms with van der Waals surface area (Å²) in [5.41, 5.74) is 3.47. The summed E-state index contributed by atoms with van der Waals surface area (Å²) in [6, 6.07) is 6.52. The number of aldehydes is 1. The highest BCUT2D eigenvalue weighted by Crippen LogP contribution is 2.25. The van der Waals surface area contributed by atoms with E-state index in [9.17, 15) is 9.18 Å². The first-order valence-corrected chi connectivity index (χ1v) is 6.41. The monoisotopic (exact) mass is 284 g/mol. The minimum atomic E-state index is -0.434. The van der Waals surface area contributed by atoms with E-state index in [0.717, 1.165) is 11.8 Å². The van der Waals surface area contributed by atoms with Gasteiger partial charge in [-0.3, -0.25) is 4.79 Å². The van der Waals surface area contributed by atoms with Crippen molar-refractivity contribution >= 4 is 11.9 Å². The van der Waals surface area contributed by atoms with E-state index in [4.69, 9.17) is 4.74 Å². The summed E-state index contributed by atoms with van der Waals surface area (Å²) in [4.78, 5) is 15.4. The zero-order valence-electron chi connectivity index (χ0n) is 11.6. The fourth-order valence-corrected chi connectivity index (χ4v) is 2.23. The predicted molar refractivity (Wildman–Crippen MR) is 77.3 cm³/mol. The van der Waals surface area contributed by atoms with Crippen LogP contribution in [0.25, 0.3) is 16.9 Å². The van der Waals surface area contributed by atoms with Crippen LogP contribution in [0.1, 0.15) is 15.9 Å². The maximum Gasteiger partial charge on any atom is 0.165 e. The molecule has 0 amide bonds. The van der Waals surface area contributed by atoms with E-state index in [1.807, 2.05) is 13.0 Å². The lowest BCUT2D eigenvalue weighted by Gasteiger charge is -2.02. The van der Waals surface area contributed by atoms with Gasteiger partial charge in [0, 0.05) is 23.5 Å². The number of benzene rings is 1. The van der Waals surface area contributed by atoms with Crippen molar-refractivity contribution in [1.82, 2.24) is 9.38 Å². The van der Waals surface area contributed by atoms with Crippen LogP contribution in [0, 0.1) is 12.7 Å². The zero-order chi connectivity index (χ0) is 15.0. The molecule has 0 unspecified atom stereocenters. The molecule has 0 spiro atoms. The molecule has 2 aromatic heterocycles. The Morgan fingerprint density at radius 1 is 1.29 bits per heavy atom. The van der Waals surface area contributed by atoms with E-state index in [0.29, 0.717) is 22.5 Å². The van der Waals surface area contributed by atoms with Crippen LogP contribution in [0.4, 0.5) is 4.39 Å². The number of ether oxygens (including phenoxy) is 1.